The number of halogens is 4. The van der Waals surface area contributed by atoms with Crippen molar-refractivity contribution in [3.8, 4) is 0 Å². The van der Waals surface area contributed by atoms with Crippen molar-refractivity contribution in [1.82, 2.24) is 29.8 Å². The number of piperazine rings is 1. The maximum absolute atomic E-state index is 13.2. The van der Waals surface area contributed by atoms with Gasteiger partial charge in [0.15, 0.2) is 11.7 Å². The third-order valence-electron chi connectivity index (χ3n) is 5.30. The number of alkyl halides is 3. The minimum Gasteiger partial charge on any atom is -0.378 e. The van der Waals surface area contributed by atoms with Gasteiger partial charge in [-0.2, -0.15) is 18.3 Å². The van der Waals surface area contributed by atoms with Crippen LogP contribution >= 0.6 is 24.0 Å². The summed E-state index contributed by atoms with van der Waals surface area (Å²) in [4.78, 5) is 22.8. The van der Waals surface area contributed by atoms with Crippen molar-refractivity contribution in [1.29, 1.82) is 0 Å². The number of amides is 1. The normalized spacial score (nSPS) is 18.5. The number of carbonyl (C=O) groups is 1. The second-order valence-electron chi connectivity index (χ2n) is 7.60. The Bertz CT molecular complexity index is 773. The van der Waals surface area contributed by atoms with Gasteiger partial charge in [-0.05, 0) is 6.92 Å². The SMILES string of the molecule is CCNC(=NCc1cn(C)nc1C(F)(F)F)N1CCN(CC(=O)N2CCOCC2)CC1.I. The Morgan fingerprint density at radius 1 is 1.16 bits per heavy atom. The lowest BCUT2D eigenvalue weighted by molar-refractivity contribution is -0.142. The van der Waals surface area contributed by atoms with Crippen LogP contribution in [0.3, 0.4) is 0 Å². The standard InChI is InChI=1S/C19H30F3N7O2.HI/c1-3-23-18(24-12-15-13-26(2)25-17(15)19(20,21)22)29-6-4-27(5-7-29)14-16(30)28-8-10-31-11-9-28;/h13H,3-12,14H2,1-2H3,(H,23,24);1H. The molecule has 1 aromatic heterocycles. The lowest BCUT2D eigenvalue weighted by Gasteiger charge is -2.37. The zero-order chi connectivity index (χ0) is 22.4. The molecule has 13 heteroatoms. The Morgan fingerprint density at radius 2 is 1.81 bits per heavy atom. The second-order valence-corrected chi connectivity index (χ2v) is 7.60. The summed E-state index contributed by atoms with van der Waals surface area (Å²) < 4.78 is 46.0. The number of aliphatic imine (C=N–C) groups is 1. The summed E-state index contributed by atoms with van der Waals surface area (Å²) in [5.74, 6) is 0.673. The van der Waals surface area contributed by atoms with E-state index in [1.807, 2.05) is 16.7 Å². The molecule has 3 rings (SSSR count). The van der Waals surface area contributed by atoms with Crippen molar-refractivity contribution < 1.29 is 22.7 Å². The first kappa shape index (κ1) is 26.6. The van der Waals surface area contributed by atoms with E-state index in [1.165, 1.54) is 13.2 Å². The summed E-state index contributed by atoms with van der Waals surface area (Å²) >= 11 is 0. The van der Waals surface area contributed by atoms with E-state index in [1.54, 1.807) is 0 Å². The number of hydrogen-bond acceptors (Lipinski definition) is 5. The van der Waals surface area contributed by atoms with Crippen molar-refractivity contribution in [2.45, 2.75) is 19.6 Å². The zero-order valence-corrected chi connectivity index (χ0v) is 20.7. The molecule has 32 heavy (non-hydrogen) atoms. The van der Waals surface area contributed by atoms with Gasteiger partial charge >= 0.3 is 6.18 Å². The van der Waals surface area contributed by atoms with E-state index in [4.69, 9.17) is 4.74 Å². The highest BCUT2D eigenvalue weighted by atomic mass is 127. The number of carbonyl (C=O) groups excluding carboxylic acids is 1. The van der Waals surface area contributed by atoms with Gasteiger partial charge in [-0.15, -0.1) is 24.0 Å². The number of hydrogen-bond donors (Lipinski definition) is 1. The van der Waals surface area contributed by atoms with Crippen LogP contribution in [0, 0.1) is 0 Å². The highest BCUT2D eigenvalue weighted by Crippen LogP contribution is 2.30. The minimum absolute atomic E-state index is 0. The lowest BCUT2D eigenvalue weighted by Crippen LogP contribution is -2.54. The molecule has 1 aromatic rings. The summed E-state index contributed by atoms with van der Waals surface area (Å²) in [5.41, 5.74) is -0.860. The van der Waals surface area contributed by atoms with Gasteiger partial charge in [0, 0.05) is 64.6 Å². The van der Waals surface area contributed by atoms with E-state index >= 15 is 0 Å². The molecular formula is C19H31F3IN7O2. The van der Waals surface area contributed by atoms with Crippen LogP contribution in [0.15, 0.2) is 11.2 Å². The zero-order valence-electron chi connectivity index (χ0n) is 18.4. The maximum Gasteiger partial charge on any atom is 0.435 e. The Morgan fingerprint density at radius 3 is 2.41 bits per heavy atom. The lowest BCUT2D eigenvalue weighted by atomic mass is 10.2. The van der Waals surface area contributed by atoms with Crippen LogP contribution in [0.1, 0.15) is 18.2 Å². The molecule has 0 aliphatic carbocycles. The summed E-state index contributed by atoms with van der Waals surface area (Å²) in [6, 6.07) is 0. The fourth-order valence-corrected chi connectivity index (χ4v) is 3.70. The molecule has 2 fully saturated rings. The van der Waals surface area contributed by atoms with E-state index in [0.29, 0.717) is 71.5 Å². The first-order chi connectivity index (χ1) is 14.8. The Hall–Kier alpha value is -1.61. The van der Waals surface area contributed by atoms with E-state index in [0.717, 1.165) is 4.68 Å². The van der Waals surface area contributed by atoms with Gasteiger partial charge in [0.1, 0.15) is 0 Å². The minimum atomic E-state index is -4.51. The molecule has 0 spiro atoms. The molecule has 0 unspecified atom stereocenters. The van der Waals surface area contributed by atoms with Gasteiger partial charge in [0.2, 0.25) is 5.91 Å². The predicted octanol–water partition coefficient (Wildman–Crippen LogP) is 0.999. The summed E-state index contributed by atoms with van der Waals surface area (Å²) in [6.07, 6.45) is -3.16. The third kappa shape index (κ3) is 7.20. The van der Waals surface area contributed by atoms with E-state index in [9.17, 15) is 18.0 Å². The number of nitrogens with one attached hydrogen (secondary N) is 1. The second kappa shape index (κ2) is 12.0. The molecule has 1 amide bonds. The van der Waals surface area contributed by atoms with Gasteiger partial charge < -0.3 is 19.9 Å². The number of morpholine rings is 1. The molecule has 0 atom stereocenters. The fourth-order valence-electron chi connectivity index (χ4n) is 3.70. The number of aryl methyl sites for hydroxylation is 1. The molecule has 2 aliphatic heterocycles. The average Bonchev–Trinajstić information content (AvgIpc) is 3.13. The van der Waals surface area contributed by atoms with E-state index < -0.39 is 11.9 Å². The molecule has 3 heterocycles. The third-order valence-corrected chi connectivity index (χ3v) is 5.30. The highest BCUT2D eigenvalue weighted by Gasteiger charge is 2.36. The average molecular weight is 573 g/mol. The number of nitrogens with zero attached hydrogens (tertiary/aromatic N) is 6. The molecule has 0 radical (unpaired) electrons. The fraction of sp³-hybridized carbons (Fsp3) is 0.737. The number of ether oxygens (including phenoxy) is 1. The molecule has 182 valence electrons. The van der Waals surface area contributed by atoms with Crippen LogP contribution in [0.4, 0.5) is 13.2 Å². The number of rotatable bonds is 5. The quantitative estimate of drug-likeness (QED) is 0.322. The van der Waals surface area contributed by atoms with Crippen molar-refractivity contribution >= 4 is 35.8 Å². The molecular weight excluding hydrogens is 542 g/mol. The molecule has 0 saturated carbocycles. The van der Waals surface area contributed by atoms with Gasteiger partial charge in [0.25, 0.3) is 0 Å². The molecule has 2 saturated heterocycles. The van der Waals surface area contributed by atoms with Crippen molar-refractivity contribution in [3.63, 3.8) is 0 Å². The van der Waals surface area contributed by atoms with Gasteiger partial charge in [-0.1, -0.05) is 0 Å². The predicted molar refractivity (Wildman–Crippen MR) is 124 cm³/mol. The maximum atomic E-state index is 13.2. The van der Waals surface area contributed by atoms with Gasteiger partial charge in [-0.25, -0.2) is 4.99 Å². The van der Waals surface area contributed by atoms with Gasteiger partial charge in [0.05, 0.1) is 26.3 Å². The van der Waals surface area contributed by atoms with E-state index in [-0.39, 0.29) is 42.0 Å². The molecule has 1 N–H and O–H groups in total. The van der Waals surface area contributed by atoms with Crippen LogP contribution in [-0.4, -0.2) is 102 Å². The number of aromatic nitrogens is 2. The number of guanidine groups is 1. The first-order valence-corrected chi connectivity index (χ1v) is 10.5. The summed E-state index contributed by atoms with van der Waals surface area (Å²) in [6.45, 7) is 7.84. The molecule has 0 bridgehead atoms. The Kier molecular flexibility index (Phi) is 10.0. The Balaban J connectivity index is 0.00000363. The summed E-state index contributed by atoms with van der Waals surface area (Å²) in [7, 11) is 1.46. The summed E-state index contributed by atoms with van der Waals surface area (Å²) in [5, 5.41) is 6.69. The largest absolute Gasteiger partial charge is 0.435 e. The van der Waals surface area contributed by atoms with Crippen molar-refractivity contribution in [2.24, 2.45) is 12.0 Å². The topological polar surface area (TPSA) is 78.2 Å². The molecule has 0 aromatic carbocycles. The van der Waals surface area contributed by atoms with Crippen LogP contribution in [0.25, 0.3) is 0 Å². The van der Waals surface area contributed by atoms with Crippen LogP contribution in [0.5, 0.6) is 0 Å². The van der Waals surface area contributed by atoms with Crippen LogP contribution in [0.2, 0.25) is 0 Å². The van der Waals surface area contributed by atoms with Crippen LogP contribution in [-0.2, 0) is 29.3 Å². The Labute approximate surface area is 203 Å². The van der Waals surface area contributed by atoms with E-state index in [2.05, 4.69) is 20.3 Å². The van der Waals surface area contributed by atoms with Crippen molar-refractivity contribution in [2.75, 3.05) is 65.6 Å². The molecule has 9 nitrogen and oxygen atoms in total. The first-order valence-electron chi connectivity index (χ1n) is 10.5. The molecule has 2 aliphatic rings. The smallest absolute Gasteiger partial charge is 0.378 e. The highest BCUT2D eigenvalue weighted by molar-refractivity contribution is 14.0. The monoisotopic (exact) mass is 573 g/mol. The van der Waals surface area contributed by atoms with Crippen LogP contribution < -0.4 is 5.32 Å². The van der Waals surface area contributed by atoms with Crippen molar-refractivity contribution in [3.05, 3.63) is 17.5 Å². The van der Waals surface area contributed by atoms with Gasteiger partial charge in [-0.3, -0.25) is 14.4 Å².